The number of anilines is 1. The fourth-order valence-electron chi connectivity index (χ4n) is 4.97. The number of nitrogens with zero attached hydrogens (tertiary/aromatic N) is 5. The van der Waals surface area contributed by atoms with Crippen LogP contribution >= 0.6 is 0 Å². The van der Waals surface area contributed by atoms with Gasteiger partial charge in [-0.2, -0.15) is 4.31 Å². The van der Waals surface area contributed by atoms with E-state index in [1.54, 1.807) is 28.6 Å². The van der Waals surface area contributed by atoms with Gasteiger partial charge in [-0.05, 0) is 49.7 Å². The predicted octanol–water partition coefficient (Wildman–Crippen LogP) is 3.71. The number of morpholine rings is 1. The topological polar surface area (TPSA) is 88.1 Å². The highest BCUT2D eigenvalue weighted by molar-refractivity contribution is 7.89. The van der Waals surface area contributed by atoms with Gasteiger partial charge in [-0.3, -0.25) is 4.90 Å². The van der Waals surface area contributed by atoms with Crippen LogP contribution in [0.3, 0.4) is 0 Å². The number of hydrogen-bond donors (Lipinski definition) is 0. The molecule has 204 valence electrons. The number of piperazine rings is 1. The van der Waals surface area contributed by atoms with Crippen LogP contribution in [0.15, 0.2) is 53.4 Å². The SMILES string of the molecule is CCCCOc1ccc(S(=O)(=O)N2CCN([C@@H](C)c3nc(N4CCOCC4)c4ccccc4n3)CC2)cc1. The third-order valence-electron chi connectivity index (χ3n) is 7.33. The zero-order valence-electron chi connectivity index (χ0n) is 22.3. The van der Waals surface area contributed by atoms with Crippen molar-refractivity contribution in [1.29, 1.82) is 0 Å². The molecule has 2 aliphatic rings. The van der Waals surface area contributed by atoms with E-state index in [1.165, 1.54) is 0 Å². The number of para-hydroxylation sites is 1. The zero-order chi connectivity index (χ0) is 26.5. The Balaban J connectivity index is 1.27. The van der Waals surface area contributed by atoms with Gasteiger partial charge < -0.3 is 14.4 Å². The molecule has 0 bridgehead atoms. The predicted molar refractivity (Wildman–Crippen MR) is 148 cm³/mol. The maximum atomic E-state index is 13.3. The molecule has 0 aliphatic carbocycles. The van der Waals surface area contributed by atoms with Crippen LogP contribution in [0.25, 0.3) is 10.9 Å². The fourth-order valence-corrected chi connectivity index (χ4v) is 6.39. The Bertz CT molecular complexity index is 1320. The minimum absolute atomic E-state index is 0.0381. The second-order valence-electron chi connectivity index (χ2n) is 9.81. The molecule has 0 N–H and O–H groups in total. The molecule has 3 heterocycles. The van der Waals surface area contributed by atoms with Crippen LogP contribution in [0.2, 0.25) is 0 Å². The Kier molecular flexibility index (Phi) is 8.42. The molecule has 0 spiro atoms. The summed E-state index contributed by atoms with van der Waals surface area (Å²) in [5.41, 5.74) is 0.925. The van der Waals surface area contributed by atoms with Crippen molar-refractivity contribution in [3.05, 3.63) is 54.4 Å². The van der Waals surface area contributed by atoms with Crippen molar-refractivity contribution in [1.82, 2.24) is 19.2 Å². The summed E-state index contributed by atoms with van der Waals surface area (Å²) < 4.78 is 39.4. The molecule has 2 aromatic carbocycles. The summed E-state index contributed by atoms with van der Waals surface area (Å²) in [4.78, 5) is 14.8. The number of hydrogen-bond acceptors (Lipinski definition) is 8. The molecule has 0 saturated carbocycles. The van der Waals surface area contributed by atoms with Gasteiger partial charge >= 0.3 is 0 Å². The standard InChI is InChI=1S/C28H37N5O4S/c1-3-4-19-37-23-9-11-24(12-10-23)38(34,35)33-15-13-31(14-16-33)22(2)27-29-26-8-6-5-7-25(26)28(30-27)32-17-20-36-21-18-32/h5-12,22H,3-4,13-21H2,1-2H3/t22-/m0/s1. The van der Waals surface area contributed by atoms with E-state index in [1.807, 2.05) is 18.2 Å². The van der Waals surface area contributed by atoms with Gasteiger partial charge in [0.25, 0.3) is 0 Å². The zero-order valence-corrected chi connectivity index (χ0v) is 23.1. The number of rotatable bonds is 9. The van der Waals surface area contributed by atoms with E-state index in [-0.39, 0.29) is 6.04 Å². The van der Waals surface area contributed by atoms with E-state index in [9.17, 15) is 8.42 Å². The Labute approximate surface area is 225 Å². The number of ether oxygens (including phenoxy) is 2. The quantitative estimate of drug-likeness (QED) is 0.381. The summed E-state index contributed by atoms with van der Waals surface area (Å²) in [5.74, 6) is 2.41. The van der Waals surface area contributed by atoms with Gasteiger partial charge in [0.05, 0.1) is 36.3 Å². The van der Waals surface area contributed by atoms with E-state index in [4.69, 9.17) is 19.4 Å². The maximum absolute atomic E-state index is 13.3. The second-order valence-corrected chi connectivity index (χ2v) is 11.7. The first-order valence-electron chi connectivity index (χ1n) is 13.5. The number of aromatic nitrogens is 2. The van der Waals surface area contributed by atoms with Crippen molar-refractivity contribution in [2.24, 2.45) is 0 Å². The highest BCUT2D eigenvalue weighted by Crippen LogP contribution is 2.29. The summed E-state index contributed by atoms with van der Waals surface area (Å²) in [7, 11) is -3.57. The summed E-state index contributed by atoms with van der Waals surface area (Å²) in [5, 5.41) is 1.04. The monoisotopic (exact) mass is 539 g/mol. The first kappa shape index (κ1) is 26.8. The van der Waals surface area contributed by atoms with Crippen molar-refractivity contribution in [2.45, 2.75) is 37.6 Å². The van der Waals surface area contributed by atoms with Gasteiger partial charge in [-0.15, -0.1) is 0 Å². The Morgan fingerprint density at radius 2 is 1.66 bits per heavy atom. The van der Waals surface area contributed by atoms with Crippen LogP contribution in [0.5, 0.6) is 5.75 Å². The first-order valence-corrected chi connectivity index (χ1v) is 15.0. The van der Waals surface area contributed by atoms with Crippen LogP contribution in [0.1, 0.15) is 38.6 Å². The molecular formula is C28H37N5O4S. The highest BCUT2D eigenvalue weighted by Gasteiger charge is 2.31. The van der Waals surface area contributed by atoms with E-state index < -0.39 is 10.0 Å². The number of benzene rings is 2. The van der Waals surface area contributed by atoms with Crippen molar-refractivity contribution >= 4 is 26.7 Å². The third kappa shape index (κ3) is 5.78. The van der Waals surface area contributed by atoms with Crippen LogP contribution in [-0.2, 0) is 14.8 Å². The molecule has 2 fully saturated rings. The van der Waals surface area contributed by atoms with Crippen molar-refractivity contribution in [3.63, 3.8) is 0 Å². The van der Waals surface area contributed by atoms with Crippen molar-refractivity contribution in [3.8, 4) is 5.75 Å². The molecule has 1 atom stereocenters. The number of fused-ring (bicyclic) bond motifs is 1. The lowest BCUT2D eigenvalue weighted by atomic mass is 10.1. The van der Waals surface area contributed by atoms with Crippen LogP contribution in [0, 0.1) is 0 Å². The Hall–Kier alpha value is -2.79. The molecule has 9 nitrogen and oxygen atoms in total. The van der Waals surface area contributed by atoms with Gasteiger partial charge in [0.2, 0.25) is 10.0 Å². The van der Waals surface area contributed by atoms with E-state index in [0.717, 1.165) is 48.5 Å². The van der Waals surface area contributed by atoms with Gasteiger partial charge in [0.1, 0.15) is 17.4 Å². The average Bonchev–Trinajstić information content (AvgIpc) is 2.97. The van der Waals surface area contributed by atoms with E-state index >= 15 is 0 Å². The van der Waals surface area contributed by atoms with Crippen LogP contribution in [-0.4, -0.2) is 86.7 Å². The largest absolute Gasteiger partial charge is 0.494 e. The van der Waals surface area contributed by atoms with Gasteiger partial charge in [-0.25, -0.2) is 18.4 Å². The summed E-state index contributed by atoms with van der Waals surface area (Å²) in [6, 6.07) is 14.8. The van der Waals surface area contributed by atoms with Crippen molar-refractivity contribution in [2.75, 3.05) is 64.0 Å². The lowest BCUT2D eigenvalue weighted by Crippen LogP contribution is -2.49. The van der Waals surface area contributed by atoms with E-state index in [0.29, 0.717) is 56.6 Å². The molecule has 3 aromatic rings. The molecule has 0 amide bonds. The fraction of sp³-hybridized carbons (Fsp3) is 0.500. The minimum atomic E-state index is -3.57. The summed E-state index contributed by atoms with van der Waals surface area (Å²) in [6.45, 7) is 9.90. The lowest BCUT2D eigenvalue weighted by molar-refractivity contribution is 0.122. The molecule has 10 heteroatoms. The van der Waals surface area contributed by atoms with Gasteiger partial charge in [0, 0.05) is 44.7 Å². The molecule has 2 saturated heterocycles. The molecule has 1 aromatic heterocycles. The Morgan fingerprint density at radius 1 is 0.947 bits per heavy atom. The van der Waals surface area contributed by atoms with Gasteiger partial charge in [-0.1, -0.05) is 25.5 Å². The number of unbranched alkanes of at least 4 members (excludes halogenated alkanes) is 1. The number of sulfonamides is 1. The van der Waals surface area contributed by atoms with Crippen LogP contribution in [0.4, 0.5) is 5.82 Å². The maximum Gasteiger partial charge on any atom is 0.243 e. The summed E-state index contributed by atoms with van der Waals surface area (Å²) >= 11 is 0. The first-order chi connectivity index (χ1) is 18.5. The molecule has 38 heavy (non-hydrogen) atoms. The average molecular weight is 540 g/mol. The van der Waals surface area contributed by atoms with E-state index in [2.05, 4.69) is 29.7 Å². The minimum Gasteiger partial charge on any atom is -0.494 e. The third-order valence-corrected chi connectivity index (χ3v) is 9.25. The smallest absolute Gasteiger partial charge is 0.243 e. The van der Waals surface area contributed by atoms with Crippen LogP contribution < -0.4 is 9.64 Å². The Morgan fingerprint density at radius 3 is 2.37 bits per heavy atom. The normalized spacial score (nSPS) is 18.5. The summed E-state index contributed by atoms with van der Waals surface area (Å²) in [6.07, 6.45) is 2.03. The molecule has 2 aliphatic heterocycles. The molecule has 0 radical (unpaired) electrons. The van der Waals surface area contributed by atoms with Crippen molar-refractivity contribution < 1.29 is 17.9 Å². The molecule has 0 unspecified atom stereocenters. The highest BCUT2D eigenvalue weighted by atomic mass is 32.2. The van der Waals surface area contributed by atoms with Gasteiger partial charge in [0.15, 0.2) is 0 Å². The molecular weight excluding hydrogens is 502 g/mol. The second kappa shape index (κ2) is 11.9. The molecule has 5 rings (SSSR count). The lowest BCUT2D eigenvalue weighted by Gasteiger charge is -2.37.